The quantitative estimate of drug-likeness (QED) is 0.565. The molecule has 0 saturated heterocycles. The Labute approximate surface area is 146 Å². The summed E-state index contributed by atoms with van der Waals surface area (Å²) < 4.78 is 0. The van der Waals surface area contributed by atoms with E-state index < -0.39 is 0 Å². The molecule has 0 fully saturated rings. The number of hydrogen-bond donors (Lipinski definition) is 4. The number of carbonyl (C=O) groups is 1. The highest BCUT2D eigenvalue weighted by Gasteiger charge is 2.30. The minimum atomic E-state index is -0.124. The second-order valence-corrected chi connectivity index (χ2v) is 6.57. The molecule has 2 heterocycles. The van der Waals surface area contributed by atoms with Gasteiger partial charge in [-0.15, -0.1) is 11.8 Å². The van der Waals surface area contributed by atoms with Crippen molar-refractivity contribution in [2.45, 2.75) is 19.1 Å². The van der Waals surface area contributed by atoms with Crippen molar-refractivity contribution in [2.75, 3.05) is 24.2 Å². The van der Waals surface area contributed by atoms with Crippen molar-refractivity contribution in [3.05, 3.63) is 52.7 Å². The average molecular weight is 345 g/mol. The number of hydrogen-bond acceptors (Lipinski definition) is 5. The first kappa shape index (κ1) is 16.9. The van der Waals surface area contributed by atoms with E-state index in [1.165, 1.54) is 5.56 Å². The normalized spacial score (nSPS) is 19.3. The SMILES string of the molecule is CSC1=CC2=CN(c3ccc(CNCCCN)cc3)C(=O)NC2N1. The molecule has 2 amide bonds. The molecule has 3 rings (SSSR count). The third kappa shape index (κ3) is 3.75. The molecular weight excluding hydrogens is 322 g/mol. The van der Waals surface area contributed by atoms with Crippen LogP contribution in [-0.4, -0.2) is 31.5 Å². The van der Waals surface area contributed by atoms with Crippen molar-refractivity contribution >= 4 is 23.5 Å². The van der Waals surface area contributed by atoms with Gasteiger partial charge < -0.3 is 21.7 Å². The summed E-state index contributed by atoms with van der Waals surface area (Å²) in [6.45, 7) is 2.42. The van der Waals surface area contributed by atoms with Crippen molar-refractivity contribution in [1.82, 2.24) is 16.0 Å². The van der Waals surface area contributed by atoms with Crippen LogP contribution in [0.1, 0.15) is 12.0 Å². The second kappa shape index (κ2) is 7.74. The fraction of sp³-hybridized carbons (Fsp3) is 0.353. The van der Waals surface area contributed by atoms with Crippen molar-refractivity contribution in [3.8, 4) is 0 Å². The zero-order chi connectivity index (χ0) is 16.9. The lowest BCUT2D eigenvalue weighted by atomic mass is 10.1. The van der Waals surface area contributed by atoms with Gasteiger partial charge in [0.15, 0.2) is 0 Å². The van der Waals surface area contributed by atoms with Crippen LogP contribution in [0.15, 0.2) is 47.1 Å². The molecule has 0 saturated carbocycles. The highest BCUT2D eigenvalue weighted by atomic mass is 32.2. The molecule has 0 radical (unpaired) electrons. The summed E-state index contributed by atoms with van der Waals surface area (Å²) in [4.78, 5) is 14.0. The largest absolute Gasteiger partial charge is 0.356 e. The number of nitrogens with one attached hydrogen (secondary N) is 3. The zero-order valence-corrected chi connectivity index (χ0v) is 14.5. The van der Waals surface area contributed by atoms with Crippen molar-refractivity contribution in [2.24, 2.45) is 5.73 Å². The van der Waals surface area contributed by atoms with Gasteiger partial charge in [0.05, 0.1) is 10.7 Å². The van der Waals surface area contributed by atoms with Crippen LogP contribution in [0.5, 0.6) is 0 Å². The topological polar surface area (TPSA) is 82.4 Å². The predicted octanol–water partition coefficient (Wildman–Crippen LogP) is 1.67. The molecule has 7 heteroatoms. The summed E-state index contributed by atoms with van der Waals surface area (Å²) in [6.07, 6.45) is 6.82. The molecule has 1 aromatic rings. The van der Waals surface area contributed by atoms with Crippen molar-refractivity contribution < 1.29 is 4.79 Å². The lowest BCUT2D eigenvalue weighted by Gasteiger charge is -2.29. The molecule has 5 N–H and O–H groups in total. The molecule has 24 heavy (non-hydrogen) atoms. The Kier molecular flexibility index (Phi) is 5.44. The van der Waals surface area contributed by atoms with E-state index in [4.69, 9.17) is 5.73 Å². The van der Waals surface area contributed by atoms with Crippen LogP contribution in [0.2, 0.25) is 0 Å². The number of anilines is 1. The van der Waals surface area contributed by atoms with Gasteiger partial charge in [-0.1, -0.05) is 12.1 Å². The predicted molar refractivity (Wildman–Crippen MR) is 99.4 cm³/mol. The Morgan fingerprint density at radius 3 is 2.79 bits per heavy atom. The molecule has 0 spiro atoms. The van der Waals surface area contributed by atoms with Crippen LogP contribution in [-0.2, 0) is 6.54 Å². The summed E-state index contributed by atoms with van der Waals surface area (Å²) in [5, 5.41) is 10.7. The number of rotatable bonds is 7. The molecule has 1 atom stereocenters. The minimum absolute atomic E-state index is 0.123. The number of nitrogens with zero attached hydrogens (tertiary/aromatic N) is 1. The van der Waals surface area contributed by atoms with E-state index in [-0.39, 0.29) is 12.2 Å². The Bertz CT molecular complexity index is 655. The fourth-order valence-electron chi connectivity index (χ4n) is 2.68. The molecule has 2 aliphatic rings. The van der Waals surface area contributed by atoms with Gasteiger partial charge in [0.1, 0.15) is 6.17 Å². The molecule has 1 aromatic carbocycles. The van der Waals surface area contributed by atoms with Crippen LogP contribution < -0.4 is 26.6 Å². The Morgan fingerprint density at radius 2 is 2.08 bits per heavy atom. The molecular formula is C17H23N5OS. The number of amides is 2. The molecule has 128 valence electrons. The summed E-state index contributed by atoms with van der Waals surface area (Å²) >= 11 is 1.63. The molecule has 6 nitrogen and oxygen atoms in total. The molecule has 0 aliphatic carbocycles. The molecule has 0 aromatic heterocycles. The molecule has 1 unspecified atom stereocenters. The van der Waals surface area contributed by atoms with E-state index in [1.54, 1.807) is 16.7 Å². The van der Waals surface area contributed by atoms with Crippen molar-refractivity contribution in [1.29, 1.82) is 0 Å². The standard InChI is InChI=1S/C17H23N5OS/c1-24-15-9-13-11-22(17(23)21-16(13)20-15)14-5-3-12(4-6-14)10-19-8-2-7-18/h3-6,9,11,16,19-20H,2,7-8,10,18H2,1H3,(H,21,23). The van der Waals surface area contributed by atoms with Crippen molar-refractivity contribution in [3.63, 3.8) is 0 Å². The number of urea groups is 1. The first-order valence-electron chi connectivity index (χ1n) is 8.04. The van der Waals surface area contributed by atoms with E-state index in [0.29, 0.717) is 6.54 Å². The van der Waals surface area contributed by atoms with Gasteiger partial charge in [-0.3, -0.25) is 4.90 Å². The third-order valence-corrected chi connectivity index (χ3v) is 4.68. The lowest BCUT2D eigenvalue weighted by molar-refractivity contribution is 0.244. The second-order valence-electron chi connectivity index (χ2n) is 5.72. The zero-order valence-electron chi connectivity index (χ0n) is 13.7. The van der Waals surface area contributed by atoms with E-state index in [1.807, 2.05) is 36.7 Å². The van der Waals surface area contributed by atoms with Gasteiger partial charge in [-0.25, -0.2) is 4.79 Å². The van der Waals surface area contributed by atoms with E-state index in [2.05, 4.69) is 22.0 Å². The van der Waals surface area contributed by atoms with Gasteiger partial charge in [-0.2, -0.15) is 0 Å². The lowest BCUT2D eigenvalue weighted by Crippen LogP contribution is -2.51. The summed E-state index contributed by atoms with van der Waals surface area (Å²) in [5.74, 6) is 0. The van der Waals surface area contributed by atoms with Gasteiger partial charge in [0.2, 0.25) is 0 Å². The fourth-order valence-corrected chi connectivity index (χ4v) is 3.17. The van der Waals surface area contributed by atoms with Gasteiger partial charge in [0, 0.05) is 18.3 Å². The molecule has 0 bridgehead atoms. The maximum Gasteiger partial charge on any atom is 0.327 e. The van der Waals surface area contributed by atoms with E-state index in [9.17, 15) is 4.79 Å². The Hall–Kier alpha value is -1.96. The van der Waals surface area contributed by atoms with Crippen LogP contribution >= 0.6 is 11.8 Å². The van der Waals surface area contributed by atoms with Crippen LogP contribution in [0.3, 0.4) is 0 Å². The maximum atomic E-state index is 12.3. The first-order chi connectivity index (χ1) is 11.7. The number of benzene rings is 1. The maximum absolute atomic E-state index is 12.3. The van der Waals surface area contributed by atoms with Crippen LogP contribution in [0.4, 0.5) is 10.5 Å². The molecule has 2 aliphatic heterocycles. The monoisotopic (exact) mass is 345 g/mol. The Balaban J connectivity index is 1.68. The summed E-state index contributed by atoms with van der Waals surface area (Å²) in [5.41, 5.74) is 8.58. The smallest absolute Gasteiger partial charge is 0.327 e. The highest BCUT2D eigenvalue weighted by Crippen LogP contribution is 2.27. The number of fused-ring (bicyclic) bond motifs is 1. The van der Waals surface area contributed by atoms with E-state index >= 15 is 0 Å². The van der Waals surface area contributed by atoms with Crippen LogP contribution in [0, 0.1) is 0 Å². The third-order valence-electron chi connectivity index (χ3n) is 4.00. The summed E-state index contributed by atoms with van der Waals surface area (Å²) in [7, 11) is 0. The van der Waals surface area contributed by atoms with Gasteiger partial charge in [-0.05, 0) is 49.5 Å². The first-order valence-corrected chi connectivity index (χ1v) is 9.27. The average Bonchev–Trinajstić information content (AvgIpc) is 3.00. The highest BCUT2D eigenvalue weighted by molar-refractivity contribution is 8.02. The van der Waals surface area contributed by atoms with E-state index in [0.717, 1.165) is 35.8 Å². The van der Waals surface area contributed by atoms with Gasteiger partial charge >= 0.3 is 6.03 Å². The Morgan fingerprint density at radius 1 is 1.29 bits per heavy atom. The minimum Gasteiger partial charge on any atom is -0.356 e. The number of carbonyl (C=O) groups excluding carboxylic acids is 1. The van der Waals surface area contributed by atoms with Gasteiger partial charge in [0.25, 0.3) is 0 Å². The number of nitrogens with two attached hydrogens (primary N) is 1. The summed E-state index contributed by atoms with van der Waals surface area (Å²) in [6, 6.07) is 7.90. The van der Waals surface area contributed by atoms with Crippen LogP contribution in [0.25, 0.3) is 0 Å². The number of thioether (sulfide) groups is 1.